The lowest BCUT2D eigenvalue weighted by Gasteiger charge is -2.22. The molecule has 7 heteroatoms. The van der Waals surface area contributed by atoms with E-state index in [0.717, 1.165) is 0 Å². The van der Waals surface area contributed by atoms with Gasteiger partial charge in [0.15, 0.2) is 11.6 Å². The van der Waals surface area contributed by atoms with Crippen LogP contribution in [0, 0.1) is 17.1 Å². The second-order valence-corrected chi connectivity index (χ2v) is 6.09. The maximum absolute atomic E-state index is 13.8. The molecule has 0 spiro atoms. The summed E-state index contributed by atoms with van der Waals surface area (Å²) in [5.41, 5.74) is 0.771. The highest BCUT2D eigenvalue weighted by molar-refractivity contribution is 5.97. The number of benzene rings is 2. The average Bonchev–Trinajstić information content (AvgIpc) is 3.12. The van der Waals surface area contributed by atoms with Gasteiger partial charge in [0, 0.05) is 12.0 Å². The van der Waals surface area contributed by atoms with Crippen molar-refractivity contribution in [1.82, 2.24) is 4.90 Å². The Balaban J connectivity index is 1.81. The molecule has 2 aromatic carbocycles. The van der Waals surface area contributed by atoms with Crippen LogP contribution in [0.15, 0.2) is 48.5 Å². The number of ether oxygens (including phenoxy) is 2. The molecule has 1 heterocycles. The van der Waals surface area contributed by atoms with Crippen molar-refractivity contribution in [2.75, 3.05) is 13.7 Å². The van der Waals surface area contributed by atoms with Crippen molar-refractivity contribution in [1.29, 1.82) is 5.26 Å². The third kappa shape index (κ3) is 3.90. The fourth-order valence-electron chi connectivity index (χ4n) is 3.04. The Kier molecular flexibility index (Phi) is 5.36. The molecule has 1 amide bonds. The van der Waals surface area contributed by atoms with E-state index in [1.165, 1.54) is 48.4 Å². The highest BCUT2D eigenvalue weighted by atomic mass is 19.1. The van der Waals surface area contributed by atoms with Gasteiger partial charge in [0.25, 0.3) is 5.91 Å². The lowest BCUT2D eigenvalue weighted by Crippen LogP contribution is -2.41. The summed E-state index contributed by atoms with van der Waals surface area (Å²) in [4.78, 5) is 26.3. The van der Waals surface area contributed by atoms with Crippen LogP contribution in [0.25, 0.3) is 0 Å². The number of amides is 1. The largest absolute Gasteiger partial charge is 0.485 e. The molecule has 6 nitrogen and oxygen atoms in total. The topological polar surface area (TPSA) is 79.6 Å². The van der Waals surface area contributed by atoms with E-state index in [-0.39, 0.29) is 24.6 Å². The van der Waals surface area contributed by atoms with Crippen LogP contribution in [0.4, 0.5) is 4.39 Å². The number of nitrogens with zero attached hydrogens (tertiary/aromatic N) is 2. The number of methoxy groups -OCH3 is 1. The zero-order valence-electron chi connectivity index (χ0n) is 14.6. The summed E-state index contributed by atoms with van der Waals surface area (Å²) in [6.07, 6.45) is -0.350. The number of likely N-dealkylation sites (tertiary alicyclic amines) is 1. The highest BCUT2D eigenvalue weighted by Gasteiger charge is 2.42. The molecule has 1 aliphatic heterocycles. The SMILES string of the molecule is COC(=O)C1CC(Oc2ccccc2F)CN1C(=O)c1ccc(C#N)cc1. The monoisotopic (exact) mass is 368 g/mol. The minimum Gasteiger partial charge on any atom is -0.485 e. The molecular weight excluding hydrogens is 351 g/mol. The van der Waals surface area contributed by atoms with E-state index in [1.54, 1.807) is 12.1 Å². The van der Waals surface area contributed by atoms with Gasteiger partial charge >= 0.3 is 5.97 Å². The van der Waals surface area contributed by atoms with Gasteiger partial charge in [-0.1, -0.05) is 12.1 Å². The van der Waals surface area contributed by atoms with Gasteiger partial charge in [0.2, 0.25) is 0 Å². The third-order valence-electron chi connectivity index (χ3n) is 4.39. The molecule has 1 fully saturated rings. The predicted octanol–water partition coefficient (Wildman–Crippen LogP) is 2.53. The molecule has 1 saturated heterocycles. The molecule has 2 aromatic rings. The smallest absolute Gasteiger partial charge is 0.328 e. The molecule has 0 aromatic heterocycles. The number of carbonyl (C=O) groups excluding carboxylic acids is 2. The van der Waals surface area contributed by atoms with E-state index in [1.807, 2.05) is 6.07 Å². The van der Waals surface area contributed by atoms with Gasteiger partial charge in [-0.15, -0.1) is 0 Å². The number of rotatable bonds is 4. The molecule has 3 rings (SSSR count). The Morgan fingerprint density at radius 3 is 2.52 bits per heavy atom. The first-order valence-electron chi connectivity index (χ1n) is 8.33. The first-order valence-corrected chi connectivity index (χ1v) is 8.33. The van der Waals surface area contributed by atoms with Crippen molar-refractivity contribution in [2.45, 2.75) is 18.6 Å². The van der Waals surface area contributed by atoms with Gasteiger partial charge in [-0.05, 0) is 36.4 Å². The van der Waals surface area contributed by atoms with Crippen LogP contribution < -0.4 is 4.74 Å². The summed E-state index contributed by atoms with van der Waals surface area (Å²) >= 11 is 0. The molecule has 0 radical (unpaired) electrons. The van der Waals surface area contributed by atoms with Crippen LogP contribution in [0.5, 0.6) is 5.75 Å². The minimum atomic E-state index is -0.824. The first-order chi connectivity index (χ1) is 13.0. The van der Waals surface area contributed by atoms with Crippen molar-refractivity contribution >= 4 is 11.9 Å². The molecular formula is C20H17FN2O4. The van der Waals surface area contributed by atoms with E-state index in [9.17, 15) is 14.0 Å². The van der Waals surface area contributed by atoms with E-state index < -0.39 is 23.9 Å². The fourth-order valence-corrected chi connectivity index (χ4v) is 3.04. The standard InChI is InChI=1S/C20H17FN2O4/c1-26-20(25)17-10-15(27-18-5-3-2-4-16(18)21)12-23(17)19(24)14-8-6-13(11-22)7-9-14/h2-9,15,17H,10,12H2,1H3. The van der Waals surface area contributed by atoms with Crippen LogP contribution in [-0.2, 0) is 9.53 Å². The van der Waals surface area contributed by atoms with Crippen molar-refractivity contribution in [2.24, 2.45) is 0 Å². The van der Waals surface area contributed by atoms with Gasteiger partial charge in [-0.2, -0.15) is 5.26 Å². The van der Waals surface area contributed by atoms with E-state index in [2.05, 4.69) is 0 Å². The van der Waals surface area contributed by atoms with Crippen LogP contribution in [0.1, 0.15) is 22.3 Å². The number of nitriles is 1. The second kappa shape index (κ2) is 7.87. The maximum Gasteiger partial charge on any atom is 0.328 e. The zero-order chi connectivity index (χ0) is 19.4. The molecule has 0 saturated carbocycles. The average molecular weight is 368 g/mol. The number of halogens is 1. The number of hydrogen-bond donors (Lipinski definition) is 0. The Bertz CT molecular complexity index is 892. The predicted molar refractivity (Wildman–Crippen MR) is 93.4 cm³/mol. The van der Waals surface area contributed by atoms with Gasteiger partial charge in [-0.25, -0.2) is 9.18 Å². The second-order valence-electron chi connectivity index (χ2n) is 6.09. The number of para-hydroxylation sites is 1. The van der Waals surface area contributed by atoms with E-state index in [4.69, 9.17) is 14.7 Å². The Labute approximate surface area is 155 Å². The van der Waals surface area contributed by atoms with E-state index >= 15 is 0 Å². The molecule has 2 unspecified atom stereocenters. The van der Waals surface area contributed by atoms with Crippen LogP contribution in [-0.4, -0.2) is 42.6 Å². The Morgan fingerprint density at radius 2 is 1.89 bits per heavy atom. The van der Waals surface area contributed by atoms with Gasteiger partial charge in [0.05, 0.1) is 25.3 Å². The highest BCUT2D eigenvalue weighted by Crippen LogP contribution is 2.27. The molecule has 0 N–H and O–H groups in total. The summed E-state index contributed by atoms with van der Waals surface area (Å²) in [6, 6.07) is 13.2. The zero-order valence-corrected chi connectivity index (χ0v) is 14.6. The number of carbonyl (C=O) groups is 2. The van der Waals surface area contributed by atoms with Crippen molar-refractivity contribution in [3.63, 3.8) is 0 Å². The third-order valence-corrected chi connectivity index (χ3v) is 4.39. The summed E-state index contributed by atoms with van der Waals surface area (Å²) in [5.74, 6) is -1.38. The first kappa shape index (κ1) is 18.4. The number of hydrogen-bond acceptors (Lipinski definition) is 5. The molecule has 27 heavy (non-hydrogen) atoms. The fraction of sp³-hybridized carbons (Fsp3) is 0.250. The summed E-state index contributed by atoms with van der Waals surface area (Å²) in [5, 5.41) is 8.87. The van der Waals surface area contributed by atoms with Crippen molar-refractivity contribution in [3.8, 4) is 11.8 Å². The summed E-state index contributed by atoms with van der Waals surface area (Å²) in [6.45, 7) is 0.118. The van der Waals surface area contributed by atoms with Crippen LogP contribution >= 0.6 is 0 Å². The Morgan fingerprint density at radius 1 is 1.19 bits per heavy atom. The maximum atomic E-state index is 13.8. The minimum absolute atomic E-state index is 0.0683. The molecule has 138 valence electrons. The lowest BCUT2D eigenvalue weighted by molar-refractivity contribution is -0.145. The molecule has 2 atom stereocenters. The van der Waals surface area contributed by atoms with Crippen molar-refractivity contribution in [3.05, 3.63) is 65.5 Å². The van der Waals surface area contributed by atoms with E-state index in [0.29, 0.717) is 11.1 Å². The number of esters is 1. The quantitative estimate of drug-likeness (QED) is 0.775. The van der Waals surface area contributed by atoms with Crippen LogP contribution in [0.2, 0.25) is 0 Å². The summed E-state index contributed by atoms with van der Waals surface area (Å²) in [7, 11) is 1.25. The van der Waals surface area contributed by atoms with Crippen LogP contribution in [0.3, 0.4) is 0 Å². The summed E-state index contributed by atoms with van der Waals surface area (Å²) < 4.78 is 24.3. The molecule has 0 bridgehead atoms. The van der Waals surface area contributed by atoms with Gasteiger partial charge < -0.3 is 14.4 Å². The van der Waals surface area contributed by atoms with Gasteiger partial charge in [0.1, 0.15) is 12.1 Å². The van der Waals surface area contributed by atoms with Gasteiger partial charge in [-0.3, -0.25) is 4.79 Å². The lowest BCUT2D eigenvalue weighted by atomic mass is 10.1. The Hall–Kier alpha value is -3.40. The van der Waals surface area contributed by atoms with Crippen molar-refractivity contribution < 1.29 is 23.5 Å². The normalized spacial score (nSPS) is 18.6. The molecule has 0 aliphatic carbocycles. The molecule has 1 aliphatic rings.